The number of likely N-dealkylation sites (N-methyl/N-ethyl adjacent to an activating group) is 1. The lowest BCUT2D eigenvalue weighted by atomic mass is 10.0. The van der Waals surface area contributed by atoms with E-state index in [2.05, 4.69) is 29.6 Å². The van der Waals surface area contributed by atoms with Gasteiger partial charge < -0.3 is 15.0 Å². The molecule has 29 heavy (non-hydrogen) atoms. The Bertz CT molecular complexity index is 785. The van der Waals surface area contributed by atoms with Gasteiger partial charge in [0.15, 0.2) is 0 Å². The number of nitrogens with one attached hydrogen (secondary N) is 1. The van der Waals surface area contributed by atoms with Crippen molar-refractivity contribution in [3.05, 3.63) is 65.2 Å². The van der Waals surface area contributed by atoms with E-state index in [9.17, 15) is 9.59 Å². The van der Waals surface area contributed by atoms with Crippen molar-refractivity contribution in [3.8, 4) is 5.75 Å². The molecular formula is C24H32N2O3. The van der Waals surface area contributed by atoms with Crippen molar-refractivity contribution in [1.29, 1.82) is 0 Å². The maximum atomic E-state index is 13.1. The maximum Gasteiger partial charge on any atom is 0.242 e. The number of rotatable bonds is 10. The minimum absolute atomic E-state index is 0.0144. The van der Waals surface area contributed by atoms with Crippen molar-refractivity contribution in [2.24, 2.45) is 0 Å². The maximum absolute atomic E-state index is 13.1. The second-order valence-corrected chi connectivity index (χ2v) is 7.17. The monoisotopic (exact) mass is 396 g/mol. The third-order valence-electron chi connectivity index (χ3n) is 5.00. The summed E-state index contributed by atoms with van der Waals surface area (Å²) in [6, 6.07) is 15.3. The number of nitrogens with zero attached hydrogens (tertiary/aromatic N) is 1. The third-order valence-corrected chi connectivity index (χ3v) is 5.00. The summed E-state index contributed by atoms with van der Waals surface area (Å²) in [5, 5.41) is 2.86. The molecule has 1 N–H and O–H groups in total. The fourth-order valence-corrected chi connectivity index (χ4v) is 3.29. The molecule has 2 amide bonds. The smallest absolute Gasteiger partial charge is 0.242 e. The van der Waals surface area contributed by atoms with Crippen molar-refractivity contribution < 1.29 is 14.3 Å². The van der Waals surface area contributed by atoms with Crippen molar-refractivity contribution in [2.75, 3.05) is 13.7 Å². The van der Waals surface area contributed by atoms with Gasteiger partial charge in [0.25, 0.3) is 0 Å². The minimum Gasteiger partial charge on any atom is -0.497 e. The fraction of sp³-hybridized carbons (Fsp3) is 0.417. The van der Waals surface area contributed by atoms with E-state index in [1.54, 1.807) is 12.0 Å². The molecule has 0 aromatic heterocycles. The molecule has 0 saturated carbocycles. The van der Waals surface area contributed by atoms with Gasteiger partial charge in [-0.2, -0.15) is 0 Å². The Morgan fingerprint density at radius 2 is 1.62 bits per heavy atom. The highest BCUT2D eigenvalue weighted by Crippen LogP contribution is 2.18. The van der Waals surface area contributed by atoms with Crippen LogP contribution in [0.25, 0.3) is 0 Å². The van der Waals surface area contributed by atoms with E-state index in [-0.39, 0.29) is 11.8 Å². The zero-order chi connectivity index (χ0) is 21.2. The van der Waals surface area contributed by atoms with E-state index in [0.29, 0.717) is 32.4 Å². The number of benzene rings is 2. The highest BCUT2D eigenvalue weighted by atomic mass is 16.5. The summed E-state index contributed by atoms with van der Waals surface area (Å²) >= 11 is 0. The van der Waals surface area contributed by atoms with Crippen LogP contribution in [0.3, 0.4) is 0 Å². The Labute approximate surface area is 174 Å². The molecule has 0 fully saturated rings. The zero-order valence-electron chi connectivity index (χ0n) is 17.9. The van der Waals surface area contributed by atoms with E-state index >= 15 is 0 Å². The van der Waals surface area contributed by atoms with Crippen LogP contribution in [0, 0.1) is 6.92 Å². The quantitative estimate of drug-likeness (QED) is 0.663. The highest BCUT2D eigenvalue weighted by molar-refractivity contribution is 5.87. The van der Waals surface area contributed by atoms with E-state index in [4.69, 9.17) is 4.74 Å². The summed E-state index contributed by atoms with van der Waals surface area (Å²) in [6.45, 7) is 6.81. The van der Waals surface area contributed by atoms with Gasteiger partial charge in [0.2, 0.25) is 11.8 Å². The number of amides is 2. The Kier molecular flexibility index (Phi) is 8.71. The fourth-order valence-electron chi connectivity index (χ4n) is 3.29. The first-order chi connectivity index (χ1) is 14.0. The van der Waals surface area contributed by atoms with Gasteiger partial charge in [0, 0.05) is 19.5 Å². The molecule has 0 aliphatic carbocycles. The van der Waals surface area contributed by atoms with Gasteiger partial charge in [-0.15, -0.1) is 0 Å². The average molecular weight is 397 g/mol. The summed E-state index contributed by atoms with van der Waals surface area (Å²) in [6.07, 6.45) is 1.59. The lowest BCUT2D eigenvalue weighted by Gasteiger charge is -2.30. The Hall–Kier alpha value is -2.82. The summed E-state index contributed by atoms with van der Waals surface area (Å²) in [7, 11) is 1.62. The average Bonchev–Trinajstić information content (AvgIpc) is 2.73. The largest absolute Gasteiger partial charge is 0.497 e. The van der Waals surface area contributed by atoms with E-state index in [0.717, 1.165) is 16.9 Å². The molecular weight excluding hydrogens is 364 g/mol. The van der Waals surface area contributed by atoms with Crippen molar-refractivity contribution in [1.82, 2.24) is 10.2 Å². The third kappa shape index (κ3) is 6.63. The van der Waals surface area contributed by atoms with Crippen LogP contribution < -0.4 is 10.1 Å². The molecule has 5 nitrogen and oxygen atoms in total. The summed E-state index contributed by atoms with van der Waals surface area (Å²) in [4.78, 5) is 27.4. The second kappa shape index (κ2) is 11.2. The van der Waals surface area contributed by atoms with E-state index < -0.39 is 6.04 Å². The van der Waals surface area contributed by atoms with Gasteiger partial charge in [0.1, 0.15) is 11.8 Å². The number of aryl methyl sites for hydroxylation is 2. The normalized spacial score (nSPS) is 11.6. The molecule has 0 spiro atoms. The molecule has 0 heterocycles. The van der Waals surface area contributed by atoms with Crippen LogP contribution in [0.2, 0.25) is 0 Å². The van der Waals surface area contributed by atoms with Crippen LogP contribution in [-0.4, -0.2) is 36.4 Å². The van der Waals surface area contributed by atoms with Crippen molar-refractivity contribution in [3.63, 3.8) is 0 Å². The van der Waals surface area contributed by atoms with Gasteiger partial charge in [-0.3, -0.25) is 9.59 Å². The Morgan fingerprint density at radius 3 is 2.17 bits per heavy atom. The topological polar surface area (TPSA) is 58.6 Å². The van der Waals surface area contributed by atoms with Gasteiger partial charge in [0.05, 0.1) is 7.11 Å². The number of ether oxygens (including phenoxy) is 1. The molecule has 1 atom stereocenters. The van der Waals surface area contributed by atoms with E-state index in [1.165, 1.54) is 5.56 Å². The summed E-state index contributed by atoms with van der Waals surface area (Å²) in [5.41, 5.74) is 3.29. The van der Waals surface area contributed by atoms with Crippen LogP contribution in [0.5, 0.6) is 5.75 Å². The zero-order valence-corrected chi connectivity index (χ0v) is 17.9. The molecule has 0 saturated heterocycles. The lowest BCUT2D eigenvalue weighted by molar-refractivity contribution is -0.141. The van der Waals surface area contributed by atoms with Gasteiger partial charge in [-0.25, -0.2) is 0 Å². The van der Waals surface area contributed by atoms with Gasteiger partial charge in [-0.1, -0.05) is 48.9 Å². The lowest BCUT2D eigenvalue weighted by Crippen LogP contribution is -2.49. The number of hydrogen-bond acceptors (Lipinski definition) is 3. The first kappa shape index (κ1) is 22.5. The molecule has 2 rings (SSSR count). The van der Waals surface area contributed by atoms with E-state index in [1.807, 2.05) is 45.0 Å². The minimum atomic E-state index is -0.484. The molecule has 5 heteroatoms. The van der Waals surface area contributed by atoms with Gasteiger partial charge in [-0.05, 0) is 49.9 Å². The number of methoxy groups -OCH3 is 1. The standard InChI is InChI=1S/C24H32N2O3/c1-5-22(24(28)25-6-2)26(17-20-11-14-21(29-4)15-12-20)23(27)16-13-19-9-7-18(3)8-10-19/h7-12,14-15,22H,5-6,13,16-17H2,1-4H3,(H,25,28)/t22-/m0/s1. The van der Waals surface area contributed by atoms with Gasteiger partial charge >= 0.3 is 0 Å². The molecule has 0 radical (unpaired) electrons. The molecule has 0 bridgehead atoms. The van der Waals surface area contributed by atoms with Crippen LogP contribution in [0.15, 0.2) is 48.5 Å². The van der Waals surface area contributed by atoms with Crippen LogP contribution in [-0.2, 0) is 22.6 Å². The molecule has 0 aliphatic rings. The molecule has 2 aromatic carbocycles. The number of carbonyl (C=O) groups excluding carboxylic acids is 2. The summed E-state index contributed by atoms with van der Waals surface area (Å²) in [5.74, 6) is 0.647. The predicted molar refractivity (Wildman–Crippen MR) is 116 cm³/mol. The Morgan fingerprint density at radius 1 is 1.00 bits per heavy atom. The van der Waals surface area contributed by atoms with Crippen molar-refractivity contribution >= 4 is 11.8 Å². The van der Waals surface area contributed by atoms with Crippen LogP contribution in [0.4, 0.5) is 0 Å². The molecule has 0 aliphatic heterocycles. The molecule has 0 unspecified atom stereocenters. The highest BCUT2D eigenvalue weighted by Gasteiger charge is 2.28. The van der Waals surface area contributed by atoms with Crippen molar-refractivity contribution in [2.45, 2.75) is 52.6 Å². The number of carbonyl (C=O) groups is 2. The van der Waals surface area contributed by atoms with Crippen LogP contribution in [0.1, 0.15) is 43.4 Å². The Balaban J connectivity index is 2.17. The first-order valence-corrected chi connectivity index (χ1v) is 10.2. The number of hydrogen-bond donors (Lipinski definition) is 1. The molecule has 156 valence electrons. The summed E-state index contributed by atoms with van der Waals surface area (Å²) < 4.78 is 5.21. The SMILES string of the molecule is CCNC(=O)[C@H](CC)N(Cc1ccc(OC)cc1)C(=O)CCc1ccc(C)cc1. The van der Waals surface area contributed by atoms with Crippen LogP contribution >= 0.6 is 0 Å². The second-order valence-electron chi connectivity index (χ2n) is 7.17. The molecule has 2 aromatic rings. The first-order valence-electron chi connectivity index (χ1n) is 10.2. The predicted octanol–water partition coefficient (Wildman–Crippen LogP) is 3.88.